The first-order valence-electron chi connectivity index (χ1n) is 10.3. The van der Waals surface area contributed by atoms with Gasteiger partial charge in [0.05, 0.1) is 22.4 Å². The standard InChI is InChI=1S/C22H26N2O5S2/c1-15-5-7-16(8-6-15)21(17-9-10-17)23-22(25)18-3-2-4-20(13-18)31(28,29)24-19-11-12-30(26,27)14-19/h2-8,13,17,19,21,24H,9-12,14H2,1H3,(H,23,25)/t19-,21+/m0/s1. The smallest absolute Gasteiger partial charge is 0.251 e. The van der Waals surface area contributed by atoms with Gasteiger partial charge in [0, 0.05) is 11.6 Å². The highest BCUT2D eigenvalue weighted by Gasteiger charge is 2.34. The third-order valence-electron chi connectivity index (χ3n) is 5.78. The van der Waals surface area contributed by atoms with Crippen molar-refractivity contribution in [2.45, 2.75) is 43.2 Å². The van der Waals surface area contributed by atoms with Gasteiger partial charge in [0.25, 0.3) is 5.91 Å². The molecule has 2 N–H and O–H groups in total. The number of rotatable bonds is 7. The SMILES string of the molecule is Cc1ccc([C@@H](NC(=O)c2cccc(S(=O)(=O)N[C@H]3CCS(=O)(=O)C3)c2)C2CC2)cc1. The summed E-state index contributed by atoms with van der Waals surface area (Å²) < 4.78 is 51.1. The summed E-state index contributed by atoms with van der Waals surface area (Å²) in [4.78, 5) is 12.9. The Morgan fingerprint density at radius 1 is 1.06 bits per heavy atom. The summed E-state index contributed by atoms with van der Waals surface area (Å²) in [7, 11) is -7.14. The van der Waals surface area contributed by atoms with E-state index in [1.807, 2.05) is 31.2 Å². The maximum atomic E-state index is 12.9. The van der Waals surface area contributed by atoms with Gasteiger partial charge in [0.1, 0.15) is 0 Å². The molecule has 0 aromatic heterocycles. The Morgan fingerprint density at radius 3 is 2.39 bits per heavy atom. The van der Waals surface area contributed by atoms with Gasteiger partial charge in [-0.25, -0.2) is 21.6 Å². The van der Waals surface area contributed by atoms with Crippen LogP contribution in [0.5, 0.6) is 0 Å². The van der Waals surface area contributed by atoms with Crippen LogP contribution in [0.3, 0.4) is 0 Å². The van der Waals surface area contributed by atoms with E-state index in [4.69, 9.17) is 0 Å². The van der Waals surface area contributed by atoms with Crippen LogP contribution >= 0.6 is 0 Å². The van der Waals surface area contributed by atoms with Gasteiger partial charge in [-0.3, -0.25) is 4.79 Å². The Morgan fingerprint density at radius 2 is 1.77 bits per heavy atom. The molecule has 7 nitrogen and oxygen atoms in total. The molecular formula is C22H26N2O5S2. The van der Waals surface area contributed by atoms with Crippen molar-refractivity contribution in [1.29, 1.82) is 0 Å². The normalized spacial score (nSPS) is 21.5. The van der Waals surface area contributed by atoms with Gasteiger partial charge in [-0.1, -0.05) is 35.9 Å². The molecule has 2 atom stereocenters. The molecule has 2 aliphatic rings. The highest BCUT2D eigenvalue weighted by atomic mass is 32.2. The molecule has 2 fully saturated rings. The molecule has 31 heavy (non-hydrogen) atoms. The van der Waals surface area contributed by atoms with E-state index in [9.17, 15) is 21.6 Å². The number of amides is 1. The monoisotopic (exact) mass is 462 g/mol. The molecule has 1 aliphatic carbocycles. The quantitative estimate of drug-likeness (QED) is 0.656. The fourth-order valence-corrected chi connectivity index (χ4v) is 6.98. The Hall–Kier alpha value is -2.23. The molecule has 1 amide bonds. The maximum absolute atomic E-state index is 12.9. The molecule has 166 valence electrons. The molecule has 1 saturated carbocycles. The molecule has 0 radical (unpaired) electrons. The Kier molecular flexibility index (Phi) is 5.93. The fraction of sp³-hybridized carbons (Fsp3) is 0.409. The average molecular weight is 463 g/mol. The van der Waals surface area contributed by atoms with Crippen LogP contribution in [0.25, 0.3) is 0 Å². The lowest BCUT2D eigenvalue weighted by Gasteiger charge is -2.19. The van der Waals surface area contributed by atoms with Crippen molar-refractivity contribution in [1.82, 2.24) is 10.0 Å². The second-order valence-electron chi connectivity index (χ2n) is 8.45. The summed E-state index contributed by atoms with van der Waals surface area (Å²) in [6.45, 7) is 2.01. The summed E-state index contributed by atoms with van der Waals surface area (Å²) in [5.41, 5.74) is 2.43. The summed E-state index contributed by atoms with van der Waals surface area (Å²) in [6.07, 6.45) is 2.34. The summed E-state index contributed by atoms with van der Waals surface area (Å²) in [5, 5.41) is 3.06. The van der Waals surface area contributed by atoms with Crippen molar-refractivity contribution in [3.63, 3.8) is 0 Å². The molecule has 0 spiro atoms. The van der Waals surface area contributed by atoms with Gasteiger partial charge in [-0.05, 0) is 55.9 Å². The Bertz CT molecular complexity index is 1190. The second-order valence-corrected chi connectivity index (χ2v) is 12.4. The molecule has 4 rings (SSSR count). The average Bonchev–Trinajstić information content (AvgIpc) is 3.50. The van der Waals surface area contributed by atoms with Gasteiger partial charge >= 0.3 is 0 Å². The minimum absolute atomic E-state index is 0.0236. The van der Waals surface area contributed by atoms with E-state index in [1.54, 1.807) is 6.07 Å². The predicted molar refractivity (Wildman–Crippen MR) is 118 cm³/mol. The van der Waals surface area contributed by atoms with Crippen molar-refractivity contribution >= 4 is 25.8 Å². The van der Waals surface area contributed by atoms with E-state index in [0.29, 0.717) is 5.92 Å². The first-order valence-corrected chi connectivity index (χ1v) is 13.6. The van der Waals surface area contributed by atoms with Crippen LogP contribution in [-0.2, 0) is 19.9 Å². The number of carbonyl (C=O) groups is 1. The highest BCUT2D eigenvalue weighted by molar-refractivity contribution is 7.92. The minimum Gasteiger partial charge on any atom is -0.345 e. The zero-order chi connectivity index (χ0) is 22.2. The largest absolute Gasteiger partial charge is 0.345 e. The van der Waals surface area contributed by atoms with Gasteiger partial charge in [-0.15, -0.1) is 0 Å². The lowest BCUT2D eigenvalue weighted by atomic mass is 10.0. The summed E-state index contributed by atoms with van der Waals surface area (Å²) in [6, 6.07) is 13.1. The van der Waals surface area contributed by atoms with Crippen LogP contribution in [0.4, 0.5) is 0 Å². The lowest BCUT2D eigenvalue weighted by Crippen LogP contribution is -2.35. The third kappa shape index (κ3) is 5.34. The van der Waals surface area contributed by atoms with Crippen LogP contribution in [0.1, 0.15) is 46.8 Å². The Balaban J connectivity index is 1.50. The Labute approximate surface area is 183 Å². The van der Waals surface area contributed by atoms with Crippen LogP contribution in [0, 0.1) is 12.8 Å². The molecule has 1 aliphatic heterocycles. The molecular weight excluding hydrogens is 436 g/mol. The topological polar surface area (TPSA) is 109 Å². The van der Waals surface area contributed by atoms with Crippen LogP contribution in [-0.4, -0.2) is 40.3 Å². The molecule has 0 unspecified atom stereocenters. The fourth-order valence-electron chi connectivity index (χ4n) is 3.88. The molecule has 9 heteroatoms. The van der Waals surface area contributed by atoms with Crippen molar-refractivity contribution < 1.29 is 21.6 Å². The van der Waals surface area contributed by atoms with E-state index in [1.165, 1.54) is 18.2 Å². The number of sulfone groups is 1. The molecule has 2 aromatic rings. The van der Waals surface area contributed by atoms with Crippen molar-refractivity contribution in [2.75, 3.05) is 11.5 Å². The first-order chi connectivity index (χ1) is 14.6. The van der Waals surface area contributed by atoms with Crippen LogP contribution in [0.2, 0.25) is 0 Å². The first kappa shape index (κ1) is 22.0. The zero-order valence-corrected chi connectivity index (χ0v) is 18.9. The minimum atomic E-state index is -3.93. The highest BCUT2D eigenvalue weighted by Crippen LogP contribution is 2.41. The number of sulfonamides is 1. The lowest BCUT2D eigenvalue weighted by molar-refractivity contribution is 0.0931. The summed E-state index contributed by atoms with van der Waals surface area (Å²) >= 11 is 0. The van der Waals surface area contributed by atoms with Crippen molar-refractivity contribution in [3.8, 4) is 0 Å². The third-order valence-corrected chi connectivity index (χ3v) is 9.06. The van der Waals surface area contributed by atoms with Gasteiger partial charge in [0.2, 0.25) is 10.0 Å². The number of hydrogen-bond acceptors (Lipinski definition) is 5. The number of carbonyl (C=O) groups excluding carboxylic acids is 1. The number of benzene rings is 2. The van der Waals surface area contributed by atoms with Gasteiger partial charge < -0.3 is 5.32 Å². The van der Waals surface area contributed by atoms with Gasteiger partial charge in [0.15, 0.2) is 9.84 Å². The molecule has 0 bridgehead atoms. The van der Waals surface area contributed by atoms with Crippen LogP contribution < -0.4 is 10.0 Å². The van der Waals surface area contributed by atoms with E-state index in [-0.39, 0.29) is 40.3 Å². The van der Waals surface area contributed by atoms with Crippen molar-refractivity contribution in [2.24, 2.45) is 5.92 Å². The van der Waals surface area contributed by atoms with E-state index in [0.717, 1.165) is 24.0 Å². The van der Waals surface area contributed by atoms with Crippen molar-refractivity contribution in [3.05, 3.63) is 65.2 Å². The van der Waals surface area contributed by atoms with E-state index < -0.39 is 25.9 Å². The number of hydrogen-bond donors (Lipinski definition) is 2. The predicted octanol–water partition coefficient (Wildman–Crippen LogP) is 2.34. The van der Waals surface area contributed by atoms with Crippen LogP contribution in [0.15, 0.2) is 53.4 Å². The van der Waals surface area contributed by atoms with E-state index >= 15 is 0 Å². The zero-order valence-electron chi connectivity index (χ0n) is 17.2. The molecule has 1 saturated heterocycles. The van der Waals surface area contributed by atoms with Gasteiger partial charge in [-0.2, -0.15) is 0 Å². The van der Waals surface area contributed by atoms with E-state index in [2.05, 4.69) is 10.0 Å². The molecule has 2 aromatic carbocycles. The second kappa shape index (κ2) is 8.37. The number of aryl methyl sites for hydroxylation is 1. The number of nitrogens with one attached hydrogen (secondary N) is 2. The summed E-state index contributed by atoms with van der Waals surface area (Å²) in [5.74, 6) is -0.182. The molecule has 1 heterocycles. The maximum Gasteiger partial charge on any atom is 0.251 e.